The van der Waals surface area contributed by atoms with E-state index in [9.17, 15) is 8.42 Å². The summed E-state index contributed by atoms with van der Waals surface area (Å²) in [5.41, 5.74) is 0.900. The van der Waals surface area contributed by atoms with Crippen molar-refractivity contribution < 1.29 is 8.42 Å². The molecule has 2 rings (SSSR count). The second-order valence-corrected chi connectivity index (χ2v) is 6.80. The largest absolute Gasteiger partial charge is 0.314 e. The Morgan fingerprint density at radius 1 is 1.30 bits per heavy atom. The molecule has 1 aromatic heterocycles. The molecule has 1 aliphatic heterocycles. The Labute approximate surface area is 120 Å². The number of rotatable bonds is 7. The minimum atomic E-state index is -3.19. The van der Waals surface area contributed by atoms with Crippen LogP contribution in [0.4, 0.5) is 0 Å². The van der Waals surface area contributed by atoms with Crippen molar-refractivity contribution in [1.29, 1.82) is 0 Å². The molecule has 1 aromatic rings. The van der Waals surface area contributed by atoms with Crippen LogP contribution >= 0.6 is 0 Å². The molecule has 2 N–H and O–H groups in total. The molecule has 1 saturated heterocycles. The van der Waals surface area contributed by atoms with Gasteiger partial charge in [-0.15, -0.1) is 0 Å². The van der Waals surface area contributed by atoms with Crippen LogP contribution in [0.15, 0.2) is 24.4 Å². The smallest absolute Gasteiger partial charge is 0.212 e. The molecule has 7 heteroatoms. The first kappa shape index (κ1) is 15.4. The highest BCUT2D eigenvalue weighted by Gasteiger charge is 2.14. The lowest BCUT2D eigenvalue weighted by Crippen LogP contribution is -2.46. The monoisotopic (exact) mass is 298 g/mol. The number of hydrogen-bond acceptors (Lipinski definition) is 5. The van der Waals surface area contributed by atoms with Crippen LogP contribution in [-0.2, 0) is 16.4 Å². The third-order valence-corrected chi connectivity index (χ3v) is 4.68. The van der Waals surface area contributed by atoms with Gasteiger partial charge in [0.2, 0.25) is 10.0 Å². The molecule has 112 valence electrons. The summed E-state index contributed by atoms with van der Waals surface area (Å²) in [7, 11) is -3.19. The van der Waals surface area contributed by atoms with Crippen molar-refractivity contribution in [2.75, 3.05) is 45.0 Å². The Bertz CT molecular complexity index is 486. The number of aromatic nitrogens is 1. The van der Waals surface area contributed by atoms with E-state index in [1.807, 2.05) is 18.2 Å². The van der Waals surface area contributed by atoms with Crippen molar-refractivity contribution >= 4 is 10.0 Å². The molecule has 6 nitrogen and oxygen atoms in total. The van der Waals surface area contributed by atoms with Gasteiger partial charge in [-0.3, -0.25) is 9.88 Å². The molecule has 1 aliphatic rings. The van der Waals surface area contributed by atoms with E-state index in [1.165, 1.54) is 0 Å². The molecular weight excluding hydrogens is 276 g/mol. The van der Waals surface area contributed by atoms with Gasteiger partial charge in [0.1, 0.15) is 0 Å². The van der Waals surface area contributed by atoms with Crippen molar-refractivity contribution in [3.05, 3.63) is 30.1 Å². The number of sulfonamides is 1. The fraction of sp³-hybridized carbons (Fsp3) is 0.615. The molecule has 0 atom stereocenters. The number of hydrogen-bond donors (Lipinski definition) is 2. The average molecular weight is 298 g/mol. The SMILES string of the molecule is O=S(=O)(CCN1CCNCC1)NCCc1ccccn1. The maximum absolute atomic E-state index is 11.9. The Balaban J connectivity index is 1.68. The van der Waals surface area contributed by atoms with E-state index < -0.39 is 10.0 Å². The summed E-state index contributed by atoms with van der Waals surface area (Å²) in [5.74, 6) is 0.162. The molecule has 0 saturated carbocycles. The Morgan fingerprint density at radius 3 is 2.80 bits per heavy atom. The molecule has 20 heavy (non-hydrogen) atoms. The van der Waals surface area contributed by atoms with Gasteiger partial charge >= 0.3 is 0 Å². The van der Waals surface area contributed by atoms with Gasteiger partial charge < -0.3 is 5.32 Å². The van der Waals surface area contributed by atoms with Crippen molar-refractivity contribution in [2.24, 2.45) is 0 Å². The van der Waals surface area contributed by atoms with Gasteiger partial charge in [-0.25, -0.2) is 13.1 Å². The van der Waals surface area contributed by atoms with Crippen LogP contribution in [0.25, 0.3) is 0 Å². The highest BCUT2D eigenvalue weighted by molar-refractivity contribution is 7.89. The molecule has 0 unspecified atom stereocenters. The Hall–Kier alpha value is -1.02. The predicted octanol–water partition coefficient (Wildman–Crippen LogP) is -0.551. The van der Waals surface area contributed by atoms with E-state index in [0.29, 0.717) is 19.5 Å². The number of pyridine rings is 1. The lowest BCUT2D eigenvalue weighted by molar-refractivity contribution is 0.253. The highest BCUT2D eigenvalue weighted by atomic mass is 32.2. The lowest BCUT2D eigenvalue weighted by Gasteiger charge is -2.26. The average Bonchev–Trinajstić information content (AvgIpc) is 2.47. The van der Waals surface area contributed by atoms with Crippen LogP contribution in [0.1, 0.15) is 5.69 Å². The first-order valence-corrected chi connectivity index (χ1v) is 8.61. The Morgan fingerprint density at radius 2 is 2.10 bits per heavy atom. The van der Waals surface area contributed by atoms with E-state index in [-0.39, 0.29) is 5.75 Å². The van der Waals surface area contributed by atoms with Crippen LogP contribution in [0, 0.1) is 0 Å². The highest BCUT2D eigenvalue weighted by Crippen LogP contribution is 1.96. The summed E-state index contributed by atoms with van der Waals surface area (Å²) in [6, 6.07) is 5.65. The van der Waals surface area contributed by atoms with E-state index in [4.69, 9.17) is 0 Å². The zero-order valence-electron chi connectivity index (χ0n) is 11.6. The molecule has 0 aromatic carbocycles. The maximum Gasteiger partial charge on any atom is 0.212 e. The minimum absolute atomic E-state index is 0.162. The quantitative estimate of drug-likeness (QED) is 0.706. The van der Waals surface area contributed by atoms with Crippen LogP contribution in [0.2, 0.25) is 0 Å². The van der Waals surface area contributed by atoms with Crippen molar-refractivity contribution in [1.82, 2.24) is 19.9 Å². The van der Waals surface area contributed by atoms with Crippen LogP contribution in [0.5, 0.6) is 0 Å². The number of piperazine rings is 1. The van der Waals surface area contributed by atoms with E-state index in [1.54, 1.807) is 6.20 Å². The first-order chi connectivity index (χ1) is 9.66. The van der Waals surface area contributed by atoms with Gasteiger partial charge in [-0.05, 0) is 12.1 Å². The molecule has 0 radical (unpaired) electrons. The summed E-state index contributed by atoms with van der Waals surface area (Å²) in [5, 5.41) is 3.25. The summed E-state index contributed by atoms with van der Waals surface area (Å²) in [4.78, 5) is 6.34. The summed E-state index contributed by atoms with van der Waals surface area (Å²) < 4.78 is 26.4. The third-order valence-electron chi connectivity index (χ3n) is 3.32. The van der Waals surface area contributed by atoms with Crippen LogP contribution in [-0.4, -0.2) is 63.3 Å². The second kappa shape index (κ2) is 7.68. The lowest BCUT2D eigenvalue weighted by atomic mass is 10.3. The predicted molar refractivity (Wildman–Crippen MR) is 79.0 cm³/mol. The van der Waals surface area contributed by atoms with Crippen LogP contribution < -0.4 is 10.0 Å². The van der Waals surface area contributed by atoms with Crippen molar-refractivity contribution in [2.45, 2.75) is 6.42 Å². The molecule has 0 amide bonds. The summed E-state index contributed by atoms with van der Waals surface area (Å²) in [6.45, 7) is 4.72. The molecule has 2 heterocycles. The zero-order valence-corrected chi connectivity index (χ0v) is 12.4. The van der Waals surface area contributed by atoms with Crippen molar-refractivity contribution in [3.63, 3.8) is 0 Å². The Kier molecular flexibility index (Phi) is 5.90. The summed E-state index contributed by atoms with van der Waals surface area (Å²) >= 11 is 0. The topological polar surface area (TPSA) is 74.3 Å². The van der Waals surface area contributed by atoms with Crippen molar-refractivity contribution in [3.8, 4) is 0 Å². The minimum Gasteiger partial charge on any atom is -0.314 e. The van der Waals surface area contributed by atoms with Gasteiger partial charge in [0, 0.05) is 57.6 Å². The first-order valence-electron chi connectivity index (χ1n) is 6.96. The maximum atomic E-state index is 11.9. The second-order valence-electron chi connectivity index (χ2n) is 4.88. The molecular formula is C13H22N4O2S. The normalized spacial score (nSPS) is 17.2. The number of nitrogens with one attached hydrogen (secondary N) is 2. The molecule has 0 aliphatic carbocycles. The fourth-order valence-corrected chi connectivity index (χ4v) is 3.19. The molecule has 0 spiro atoms. The number of nitrogens with zero attached hydrogens (tertiary/aromatic N) is 2. The molecule has 1 fully saturated rings. The zero-order chi connectivity index (χ0) is 14.3. The van der Waals surface area contributed by atoms with E-state index in [2.05, 4.69) is 19.9 Å². The standard InChI is InChI=1S/C13H22N4O2S/c18-20(19,12-11-17-9-7-14-8-10-17)16-6-4-13-3-1-2-5-15-13/h1-3,5,14,16H,4,6-12H2. The van der Waals surface area contributed by atoms with Crippen LogP contribution in [0.3, 0.4) is 0 Å². The van der Waals surface area contributed by atoms with Gasteiger partial charge in [0.15, 0.2) is 0 Å². The van der Waals surface area contributed by atoms with Gasteiger partial charge in [0.25, 0.3) is 0 Å². The van der Waals surface area contributed by atoms with Gasteiger partial charge in [0.05, 0.1) is 5.75 Å². The van der Waals surface area contributed by atoms with E-state index >= 15 is 0 Å². The van der Waals surface area contributed by atoms with Gasteiger partial charge in [-0.1, -0.05) is 6.07 Å². The fourth-order valence-electron chi connectivity index (χ4n) is 2.14. The molecule has 0 bridgehead atoms. The summed E-state index contributed by atoms with van der Waals surface area (Å²) in [6.07, 6.45) is 2.34. The van der Waals surface area contributed by atoms with Gasteiger partial charge in [-0.2, -0.15) is 0 Å². The third kappa shape index (κ3) is 5.54. The van der Waals surface area contributed by atoms with E-state index in [0.717, 1.165) is 31.9 Å².